The lowest BCUT2D eigenvalue weighted by Crippen LogP contribution is -2.41. The van der Waals surface area contributed by atoms with Gasteiger partial charge in [-0.2, -0.15) is 0 Å². The van der Waals surface area contributed by atoms with Crippen LogP contribution in [0.4, 0.5) is 0 Å². The highest BCUT2D eigenvalue weighted by molar-refractivity contribution is 14.1. The quantitative estimate of drug-likeness (QED) is 0.464. The van der Waals surface area contributed by atoms with Crippen LogP contribution in [-0.4, -0.2) is 36.2 Å². The van der Waals surface area contributed by atoms with Crippen molar-refractivity contribution in [1.82, 2.24) is 4.90 Å². The lowest BCUT2D eigenvalue weighted by atomic mass is 10.1. The zero-order valence-corrected chi connectivity index (χ0v) is 11.9. The van der Waals surface area contributed by atoms with Crippen LogP contribution in [0.15, 0.2) is 30.3 Å². The van der Waals surface area contributed by atoms with Gasteiger partial charge in [0.25, 0.3) is 0 Å². The molecule has 0 N–H and O–H groups in total. The van der Waals surface area contributed by atoms with Crippen LogP contribution in [0.5, 0.6) is 0 Å². The van der Waals surface area contributed by atoms with Gasteiger partial charge >= 0.3 is 0 Å². The Labute approximate surface area is 115 Å². The second-order valence-corrected chi connectivity index (χ2v) is 5.37. The molecule has 0 bridgehead atoms. The first-order chi connectivity index (χ1) is 7.79. The Kier molecular flexibility index (Phi) is 4.55. The summed E-state index contributed by atoms with van der Waals surface area (Å²) < 4.78 is 5.62. The first-order valence-electron chi connectivity index (χ1n) is 5.34. The molecule has 1 aromatic rings. The summed E-state index contributed by atoms with van der Waals surface area (Å²) in [5.41, 5.74) is 1.28. The second-order valence-electron chi connectivity index (χ2n) is 3.71. The van der Waals surface area contributed by atoms with E-state index in [1.54, 1.807) is 0 Å². The van der Waals surface area contributed by atoms with Crippen LogP contribution >= 0.6 is 34.8 Å². The summed E-state index contributed by atoms with van der Waals surface area (Å²) in [5, 5.41) is 0. The molecule has 0 saturated carbocycles. The van der Waals surface area contributed by atoms with E-state index in [1.807, 2.05) is 6.07 Å². The maximum absolute atomic E-state index is 5.54. The highest BCUT2D eigenvalue weighted by Crippen LogP contribution is 2.26. The third-order valence-electron chi connectivity index (χ3n) is 2.63. The molecule has 16 heavy (non-hydrogen) atoms. The molecular weight excluding hydrogens is 333 g/mol. The number of nitrogens with zero attached hydrogens (tertiary/aromatic N) is 1. The van der Waals surface area contributed by atoms with Gasteiger partial charge in [-0.25, -0.2) is 0 Å². The standard InChI is InChI=1S/C12H14INOS/c13-11(10-4-2-1-3-5-10)12(16)14-6-8-15-9-7-14/h1-5,11H,6-9H2. The molecular formula is C12H14INOS. The van der Waals surface area contributed by atoms with Crippen molar-refractivity contribution in [3.05, 3.63) is 35.9 Å². The van der Waals surface area contributed by atoms with Crippen molar-refractivity contribution >= 4 is 39.8 Å². The van der Waals surface area contributed by atoms with Gasteiger partial charge in [0.15, 0.2) is 0 Å². The van der Waals surface area contributed by atoms with Gasteiger partial charge < -0.3 is 9.64 Å². The molecule has 1 aliphatic rings. The van der Waals surface area contributed by atoms with E-state index >= 15 is 0 Å². The van der Waals surface area contributed by atoms with Gasteiger partial charge in [0.2, 0.25) is 0 Å². The normalized spacial score (nSPS) is 18.2. The van der Waals surface area contributed by atoms with Crippen LogP contribution in [0.3, 0.4) is 0 Å². The molecule has 1 heterocycles. The fourth-order valence-electron chi connectivity index (χ4n) is 1.71. The maximum Gasteiger partial charge on any atom is 0.0956 e. The summed E-state index contributed by atoms with van der Waals surface area (Å²) in [6.07, 6.45) is 0. The second kappa shape index (κ2) is 5.93. The van der Waals surface area contributed by atoms with Crippen molar-refractivity contribution in [2.75, 3.05) is 26.3 Å². The molecule has 2 nitrogen and oxygen atoms in total. The molecule has 0 amide bonds. The number of ether oxygens (including phenoxy) is 1. The highest BCUT2D eigenvalue weighted by atomic mass is 127. The summed E-state index contributed by atoms with van der Waals surface area (Å²) in [5.74, 6) is 0. The third-order valence-corrected chi connectivity index (χ3v) is 4.86. The van der Waals surface area contributed by atoms with Crippen LogP contribution in [0.25, 0.3) is 0 Å². The zero-order chi connectivity index (χ0) is 11.4. The van der Waals surface area contributed by atoms with Crippen LogP contribution in [0.1, 0.15) is 9.49 Å². The monoisotopic (exact) mass is 347 g/mol. The van der Waals surface area contributed by atoms with E-state index in [2.05, 4.69) is 51.8 Å². The molecule has 1 atom stereocenters. The van der Waals surface area contributed by atoms with E-state index in [1.165, 1.54) is 5.56 Å². The number of thiocarbonyl (C=S) groups is 1. The van der Waals surface area contributed by atoms with E-state index in [-0.39, 0.29) is 3.92 Å². The number of benzene rings is 1. The summed E-state index contributed by atoms with van der Waals surface area (Å²) >= 11 is 7.95. The van der Waals surface area contributed by atoms with E-state index < -0.39 is 0 Å². The van der Waals surface area contributed by atoms with Gasteiger partial charge in [-0.1, -0.05) is 65.1 Å². The van der Waals surface area contributed by atoms with E-state index in [0.717, 1.165) is 31.3 Å². The predicted octanol–water partition coefficient (Wildman–Crippen LogP) is 2.82. The number of halogens is 1. The summed E-state index contributed by atoms with van der Waals surface area (Å²) in [6, 6.07) is 10.4. The minimum Gasteiger partial charge on any atom is -0.378 e. The molecule has 1 fully saturated rings. The Morgan fingerprint density at radius 2 is 1.88 bits per heavy atom. The van der Waals surface area contributed by atoms with Gasteiger partial charge in [0.05, 0.1) is 22.1 Å². The van der Waals surface area contributed by atoms with E-state index in [0.29, 0.717) is 0 Å². The lowest BCUT2D eigenvalue weighted by molar-refractivity contribution is 0.0685. The fraction of sp³-hybridized carbons (Fsp3) is 0.417. The van der Waals surface area contributed by atoms with Gasteiger partial charge in [-0.3, -0.25) is 0 Å². The molecule has 1 saturated heterocycles. The minimum absolute atomic E-state index is 0.284. The molecule has 0 aliphatic carbocycles. The smallest absolute Gasteiger partial charge is 0.0956 e. The molecule has 1 aliphatic heterocycles. The maximum atomic E-state index is 5.54. The Balaban J connectivity index is 2.04. The molecule has 86 valence electrons. The number of hydrogen-bond acceptors (Lipinski definition) is 2. The van der Waals surface area contributed by atoms with Crippen molar-refractivity contribution in [1.29, 1.82) is 0 Å². The van der Waals surface area contributed by atoms with Gasteiger partial charge in [-0.05, 0) is 5.56 Å². The topological polar surface area (TPSA) is 12.5 Å². The van der Waals surface area contributed by atoms with Crippen LogP contribution < -0.4 is 0 Å². The van der Waals surface area contributed by atoms with Crippen LogP contribution in [0.2, 0.25) is 0 Å². The molecule has 1 aromatic carbocycles. The average molecular weight is 347 g/mol. The fourth-order valence-corrected chi connectivity index (χ4v) is 2.84. The lowest BCUT2D eigenvalue weighted by Gasteiger charge is -2.31. The summed E-state index contributed by atoms with van der Waals surface area (Å²) in [7, 11) is 0. The number of alkyl halides is 1. The Bertz CT molecular complexity index is 351. The van der Waals surface area contributed by atoms with E-state index in [4.69, 9.17) is 17.0 Å². The number of hydrogen-bond donors (Lipinski definition) is 0. The average Bonchev–Trinajstić information content (AvgIpc) is 2.39. The zero-order valence-electron chi connectivity index (χ0n) is 8.93. The largest absolute Gasteiger partial charge is 0.378 e. The molecule has 0 radical (unpaired) electrons. The number of rotatable bonds is 2. The molecule has 0 aromatic heterocycles. The van der Waals surface area contributed by atoms with Gasteiger partial charge in [0.1, 0.15) is 0 Å². The minimum atomic E-state index is 0.284. The van der Waals surface area contributed by atoms with Gasteiger partial charge in [-0.15, -0.1) is 0 Å². The molecule has 0 spiro atoms. The Hall–Kier alpha value is -0.200. The van der Waals surface area contributed by atoms with Crippen molar-refractivity contribution in [3.8, 4) is 0 Å². The van der Waals surface area contributed by atoms with Crippen LogP contribution in [-0.2, 0) is 4.74 Å². The first-order valence-corrected chi connectivity index (χ1v) is 7.00. The van der Waals surface area contributed by atoms with Crippen molar-refractivity contribution in [2.45, 2.75) is 3.92 Å². The van der Waals surface area contributed by atoms with E-state index in [9.17, 15) is 0 Å². The predicted molar refractivity (Wildman–Crippen MR) is 78.2 cm³/mol. The van der Waals surface area contributed by atoms with Crippen LogP contribution in [0, 0.1) is 0 Å². The molecule has 1 unspecified atom stereocenters. The summed E-state index contributed by atoms with van der Waals surface area (Å²) in [6.45, 7) is 3.42. The van der Waals surface area contributed by atoms with Crippen molar-refractivity contribution < 1.29 is 4.74 Å². The molecule has 2 rings (SSSR count). The highest BCUT2D eigenvalue weighted by Gasteiger charge is 2.20. The Morgan fingerprint density at radius 1 is 1.25 bits per heavy atom. The summed E-state index contributed by atoms with van der Waals surface area (Å²) in [4.78, 5) is 3.28. The first kappa shape index (κ1) is 12.3. The number of morpholine rings is 1. The Morgan fingerprint density at radius 3 is 2.50 bits per heavy atom. The third kappa shape index (κ3) is 2.93. The van der Waals surface area contributed by atoms with Crippen molar-refractivity contribution in [2.24, 2.45) is 0 Å². The van der Waals surface area contributed by atoms with Crippen molar-refractivity contribution in [3.63, 3.8) is 0 Å². The van der Waals surface area contributed by atoms with Gasteiger partial charge in [0, 0.05) is 13.1 Å². The SMILES string of the molecule is S=C(C(I)c1ccccc1)N1CCOCC1. The molecule has 4 heteroatoms.